The van der Waals surface area contributed by atoms with Gasteiger partial charge in [0, 0.05) is 39.3 Å². The van der Waals surface area contributed by atoms with E-state index in [1.165, 1.54) is 26.2 Å². The molecule has 1 heterocycles. The molecule has 1 fully saturated rings. The molecule has 0 saturated carbocycles. The lowest BCUT2D eigenvalue weighted by molar-refractivity contribution is -0.138. The monoisotopic (exact) mass is 345 g/mol. The first kappa shape index (κ1) is 23.3. The maximum absolute atomic E-state index is 9.60. The van der Waals surface area contributed by atoms with Crippen molar-refractivity contribution in [1.29, 1.82) is 0 Å². The lowest BCUT2D eigenvalue weighted by Gasteiger charge is -2.32. The third-order valence-corrected chi connectivity index (χ3v) is 3.53. The largest absolute Gasteiger partial charge is 0.462 e. The summed E-state index contributed by atoms with van der Waals surface area (Å²) in [5.74, 6) is 0.723. The maximum atomic E-state index is 9.60. The van der Waals surface area contributed by atoms with Crippen molar-refractivity contribution in [3.8, 4) is 0 Å². The van der Waals surface area contributed by atoms with Crippen LogP contribution in [0.25, 0.3) is 0 Å². The highest BCUT2D eigenvalue weighted by atomic mass is 16.5. The topological polar surface area (TPSA) is 54.0 Å². The fourth-order valence-electron chi connectivity index (χ4n) is 2.05. The van der Waals surface area contributed by atoms with Crippen molar-refractivity contribution in [2.24, 2.45) is 5.92 Å². The molecule has 1 rings (SSSR count). The van der Waals surface area contributed by atoms with E-state index in [4.69, 9.17) is 4.74 Å². The highest BCUT2D eigenvalue weighted by Gasteiger charge is 2.12. The maximum Gasteiger partial charge on any atom is 0.293 e. The molecule has 0 unspecified atom stereocenters. The summed E-state index contributed by atoms with van der Waals surface area (Å²) in [6.07, 6.45) is 0. The predicted molar refractivity (Wildman–Crippen MR) is 99.4 cm³/mol. The Kier molecular flexibility index (Phi) is 13.2. The van der Waals surface area contributed by atoms with Crippen LogP contribution >= 0.6 is 0 Å². The molecule has 0 aromatic rings. The number of likely N-dealkylation sites (N-methyl/N-ethyl adjacent to an activating group) is 1. The van der Waals surface area contributed by atoms with Gasteiger partial charge in [-0.3, -0.25) is 9.69 Å². The van der Waals surface area contributed by atoms with E-state index < -0.39 is 0 Å². The first-order chi connectivity index (χ1) is 11.2. The van der Waals surface area contributed by atoms with Gasteiger partial charge in [-0.2, -0.15) is 0 Å². The van der Waals surface area contributed by atoms with E-state index in [-0.39, 0.29) is 5.60 Å². The van der Waals surface area contributed by atoms with E-state index in [9.17, 15) is 4.79 Å². The van der Waals surface area contributed by atoms with E-state index in [0.717, 1.165) is 38.8 Å². The summed E-state index contributed by atoms with van der Waals surface area (Å²) >= 11 is 0. The minimum atomic E-state index is -0.318. The number of piperazine rings is 1. The van der Waals surface area contributed by atoms with Crippen LogP contribution in [0.4, 0.5) is 0 Å². The van der Waals surface area contributed by atoms with Crippen molar-refractivity contribution in [3.63, 3.8) is 0 Å². The molecule has 1 saturated heterocycles. The molecule has 6 nitrogen and oxygen atoms in total. The summed E-state index contributed by atoms with van der Waals surface area (Å²) in [4.78, 5) is 14.5. The van der Waals surface area contributed by atoms with Crippen LogP contribution in [0.5, 0.6) is 0 Å². The molecule has 0 bridgehead atoms. The number of carbonyl (C=O) groups excluding carboxylic acids is 1. The summed E-state index contributed by atoms with van der Waals surface area (Å²) in [6, 6.07) is 0. The normalized spacial score (nSPS) is 16.6. The van der Waals surface area contributed by atoms with Crippen molar-refractivity contribution in [3.05, 3.63) is 0 Å². The van der Waals surface area contributed by atoms with E-state index in [1.807, 2.05) is 20.8 Å². The molecule has 0 aliphatic carbocycles. The highest BCUT2D eigenvalue weighted by molar-refractivity contribution is 5.37. The fourth-order valence-corrected chi connectivity index (χ4v) is 2.05. The van der Waals surface area contributed by atoms with Crippen molar-refractivity contribution >= 4 is 6.47 Å². The minimum absolute atomic E-state index is 0.318. The third kappa shape index (κ3) is 16.2. The van der Waals surface area contributed by atoms with Gasteiger partial charge in [-0.1, -0.05) is 13.8 Å². The number of nitrogens with zero attached hydrogens (tertiary/aromatic N) is 2. The number of nitrogens with one attached hydrogen (secondary N) is 1. The zero-order chi connectivity index (χ0) is 18.4. The van der Waals surface area contributed by atoms with E-state index in [0.29, 0.717) is 6.47 Å². The van der Waals surface area contributed by atoms with Crippen LogP contribution < -0.4 is 5.32 Å². The molecule has 1 N–H and O–H groups in total. The van der Waals surface area contributed by atoms with Gasteiger partial charge in [-0.15, -0.1) is 0 Å². The van der Waals surface area contributed by atoms with Gasteiger partial charge < -0.3 is 19.7 Å². The molecule has 1 aliphatic heterocycles. The molecule has 0 amide bonds. The summed E-state index contributed by atoms with van der Waals surface area (Å²) in [7, 11) is 2.19. The smallest absolute Gasteiger partial charge is 0.293 e. The molecular formula is C18H39N3O3. The number of carbonyl (C=O) groups is 1. The van der Waals surface area contributed by atoms with E-state index >= 15 is 0 Å². The van der Waals surface area contributed by atoms with Gasteiger partial charge in [-0.05, 0) is 40.3 Å². The quantitative estimate of drug-likeness (QED) is 0.504. The van der Waals surface area contributed by atoms with E-state index in [1.54, 1.807) is 0 Å². The molecule has 0 aromatic heterocycles. The van der Waals surface area contributed by atoms with Gasteiger partial charge in [0.25, 0.3) is 6.47 Å². The van der Waals surface area contributed by atoms with Gasteiger partial charge >= 0.3 is 0 Å². The Morgan fingerprint density at radius 2 is 1.75 bits per heavy atom. The number of hydrogen-bond acceptors (Lipinski definition) is 6. The van der Waals surface area contributed by atoms with Crippen LogP contribution in [0.2, 0.25) is 0 Å². The predicted octanol–water partition coefficient (Wildman–Crippen LogP) is 1.45. The SMILES string of the molecule is CC(C)(C)OC=O.CC(C)CNCCOCCN1CCN(C)CC1. The Balaban J connectivity index is 0.000000640. The second-order valence-corrected chi connectivity index (χ2v) is 7.68. The summed E-state index contributed by atoms with van der Waals surface area (Å²) in [5.41, 5.74) is -0.318. The minimum Gasteiger partial charge on any atom is -0.462 e. The first-order valence-corrected chi connectivity index (χ1v) is 9.05. The zero-order valence-corrected chi connectivity index (χ0v) is 16.6. The average molecular weight is 346 g/mol. The van der Waals surface area contributed by atoms with Gasteiger partial charge in [0.15, 0.2) is 0 Å². The van der Waals surface area contributed by atoms with Crippen LogP contribution in [0, 0.1) is 5.92 Å². The Labute approximate surface area is 148 Å². The summed E-state index contributed by atoms with van der Waals surface area (Å²) in [5, 5.41) is 3.38. The number of hydrogen-bond donors (Lipinski definition) is 1. The van der Waals surface area contributed by atoms with Crippen molar-refractivity contribution in [2.45, 2.75) is 40.2 Å². The standard InChI is InChI=1S/C13H29N3O.C5H10O2/c1-13(2)12-14-4-10-17-11-9-16-7-5-15(3)6-8-16;1-5(2,3)7-4-6/h13-14H,4-12H2,1-3H3;4H,1-3H3. The van der Waals surface area contributed by atoms with Gasteiger partial charge in [-0.25, -0.2) is 0 Å². The van der Waals surface area contributed by atoms with Crippen LogP contribution in [-0.2, 0) is 14.3 Å². The molecule has 24 heavy (non-hydrogen) atoms. The molecule has 6 heteroatoms. The molecule has 0 aromatic carbocycles. The Morgan fingerprint density at radius 1 is 1.12 bits per heavy atom. The molecule has 0 atom stereocenters. The van der Waals surface area contributed by atoms with Crippen LogP contribution in [0.3, 0.4) is 0 Å². The molecule has 1 aliphatic rings. The molecular weight excluding hydrogens is 306 g/mol. The Bertz CT molecular complexity index is 298. The summed E-state index contributed by atoms with van der Waals surface area (Å²) < 4.78 is 10.2. The summed E-state index contributed by atoms with van der Waals surface area (Å²) in [6.45, 7) is 20.0. The first-order valence-electron chi connectivity index (χ1n) is 9.05. The Hall–Kier alpha value is -0.690. The second-order valence-electron chi connectivity index (χ2n) is 7.68. The number of rotatable bonds is 9. The lowest BCUT2D eigenvalue weighted by Crippen LogP contribution is -2.45. The fraction of sp³-hybridized carbons (Fsp3) is 0.944. The Morgan fingerprint density at radius 3 is 2.21 bits per heavy atom. The van der Waals surface area contributed by atoms with E-state index in [2.05, 4.69) is 40.7 Å². The van der Waals surface area contributed by atoms with Crippen molar-refractivity contribution in [2.75, 3.05) is 66.1 Å². The second kappa shape index (κ2) is 13.6. The van der Waals surface area contributed by atoms with Crippen molar-refractivity contribution in [1.82, 2.24) is 15.1 Å². The molecule has 0 radical (unpaired) electrons. The van der Waals surface area contributed by atoms with Gasteiger partial charge in [0.2, 0.25) is 0 Å². The molecule has 0 spiro atoms. The van der Waals surface area contributed by atoms with Crippen LogP contribution in [0.15, 0.2) is 0 Å². The highest BCUT2D eigenvalue weighted by Crippen LogP contribution is 2.02. The van der Waals surface area contributed by atoms with Crippen LogP contribution in [-0.4, -0.2) is 87.9 Å². The van der Waals surface area contributed by atoms with Gasteiger partial charge in [0.05, 0.1) is 13.2 Å². The zero-order valence-electron chi connectivity index (χ0n) is 16.6. The van der Waals surface area contributed by atoms with Crippen molar-refractivity contribution < 1.29 is 14.3 Å². The lowest BCUT2D eigenvalue weighted by atomic mass is 10.2. The third-order valence-electron chi connectivity index (χ3n) is 3.53. The molecule has 144 valence electrons. The average Bonchev–Trinajstić information content (AvgIpc) is 2.47. The van der Waals surface area contributed by atoms with Gasteiger partial charge in [0.1, 0.15) is 5.60 Å². The number of ether oxygens (including phenoxy) is 2. The van der Waals surface area contributed by atoms with Crippen LogP contribution in [0.1, 0.15) is 34.6 Å².